The van der Waals surface area contributed by atoms with E-state index in [2.05, 4.69) is 20.6 Å². The fraction of sp³-hybridized carbons (Fsp3) is 0.238. The first kappa shape index (κ1) is 18.0. The van der Waals surface area contributed by atoms with E-state index in [9.17, 15) is 5.11 Å². The van der Waals surface area contributed by atoms with Crippen molar-refractivity contribution in [3.63, 3.8) is 0 Å². The van der Waals surface area contributed by atoms with E-state index >= 15 is 0 Å². The van der Waals surface area contributed by atoms with E-state index in [1.165, 1.54) is 0 Å². The Bertz CT molecular complexity index is 794. The van der Waals surface area contributed by atoms with E-state index in [0.717, 1.165) is 42.1 Å². The third kappa shape index (κ3) is 5.37. The van der Waals surface area contributed by atoms with Gasteiger partial charge in [-0.3, -0.25) is 9.97 Å². The van der Waals surface area contributed by atoms with Gasteiger partial charge in [-0.05, 0) is 24.3 Å². The lowest BCUT2D eigenvalue weighted by molar-refractivity contribution is 0.458. The number of aromatic hydroxyl groups is 1. The molecule has 3 aromatic rings. The molecule has 2 heterocycles. The fourth-order valence-electron chi connectivity index (χ4n) is 2.75. The minimum atomic E-state index is 0.354. The van der Waals surface area contributed by atoms with Crippen LogP contribution >= 0.6 is 0 Å². The van der Waals surface area contributed by atoms with E-state index in [-0.39, 0.29) is 0 Å². The number of nitrogens with one attached hydrogen (secondary N) is 2. The molecule has 3 rings (SSSR count). The first-order chi connectivity index (χ1) is 12.8. The number of phenols is 1. The smallest absolute Gasteiger partial charge is 0.123 e. The highest BCUT2D eigenvalue weighted by Crippen LogP contribution is 2.24. The van der Waals surface area contributed by atoms with Gasteiger partial charge in [0, 0.05) is 61.8 Å². The van der Waals surface area contributed by atoms with Crippen LogP contribution in [0.4, 0.5) is 0 Å². The largest absolute Gasteiger partial charge is 0.507 e. The summed E-state index contributed by atoms with van der Waals surface area (Å²) in [6.07, 6.45) is 4.21. The topological polar surface area (TPSA) is 70.1 Å². The molecule has 0 bridgehead atoms. The van der Waals surface area contributed by atoms with Crippen molar-refractivity contribution in [2.24, 2.45) is 0 Å². The zero-order chi connectivity index (χ0) is 18.0. The molecule has 0 spiro atoms. The first-order valence-corrected chi connectivity index (χ1v) is 8.84. The van der Waals surface area contributed by atoms with Crippen molar-refractivity contribution in [3.8, 4) is 5.75 Å². The minimum absolute atomic E-state index is 0.354. The van der Waals surface area contributed by atoms with Crippen molar-refractivity contribution >= 4 is 0 Å². The van der Waals surface area contributed by atoms with Gasteiger partial charge in [0.25, 0.3) is 0 Å². The summed E-state index contributed by atoms with van der Waals surface area (Å²) in [4.78, 5) is 8.60. The van der Waals surface area contributed by atoms with Crippen molar-refractivity contribution in [2.45, 2.75) is 19.5 Å². The van der Waals surface area contributed by atoms with Gasteiger partial charge in [-0.25, -0.2) is 0 Å². The van der Waals surface area contributed by atoms with Crippen molar-refractivity contribution in [1.29, 1.82) is 0 Å². The molecule has 2 aromatic heterocycles. The Labute approximate surface area is 154 Å². The van der Waals surface area contributed by atoms with Gasteiger partial charge in [0.05, 0.1) is 5.69 Å². The summed E-state index contributed by atoms with van der Waals surface area (Å²) in [5.41, 5.74) is 3.79. The lowest BCUT2D eigenvalue weighted by Crippen LogP contribution is -2.27. The van der Waals surface area contributed by atoms with Crippen molar-refractivity contribution in [1.82, 2.24) is 20.6 Å². The Morgan fingerprint density at radius 3 is 2.04 bits per heavy atom. The molecular weight excluding hydrogens is 324 g/mol. The number of phenolic OH excluding ortho intramolecular Hbond substituents is 1. The third-order valence-corrected chi connectivity index (χ3v) is 4.13. The summed E-state index contributed by atoms with van der Waals surface area (Å²) in [6.45, 7) is 3.04. The SMILES string of the molecule is Oc1c(CNCCNCc2ccccn2)cccc1Cc1ccccn1. The number of aromatic nitrogens is 2. The summed E-state index contributed by atoms with van der Waals surface area (Å²) < 4.78 is 0. The molecule has 0 aliphatic heterocycles. The summed E-state index contributed by atoms with van der Waals surface area (Å²) in [6, 6.07) is 17.6. The molecule has 5 nitrogen and oxygen atoms in total. The summed E-state index contributed by atoms with van der Waals surface area (Å²) >= 11 is 0. The standard InChI is InChI=1S/C21H24N4O/c26-21-17(14-19-8-1-3-10-24-19)6-5-7-18(21)15-22-12-13-23-16-20-9-2-4-11-25-20/h1-11,22-23,26H,12-16H2. The van der Waals surface area contributed by atoms with Gasteiger partial charge in [0.15, 0.2) is 0 Å². The molecule has 3 N–H and O–H groups in total. The molecule has 5 heteroatoms. The highest BCUT2D eigenvalue weighted by Gasteiger charge is 2.08. The third-order valence-electron chi connectivity index (χ3n) is 4.13. The molecular formula is C21H24N4O. The second kappa shape index (κ2) is 9.65. The Balaban J connectivity index is 1.44. The van der Waals surface area contributed by atoms with Crippen LogP contribution in [0.25, 0.3) is 0 Å². The van der Waals surface area contributed by atoms with Gasteiger partial charge < -0.3 is 15.7 Å². The molecule has 1 aromatic carbocycles. The molecule has 0 saturated heterocycles. The second-order valence-electron chi connectivity index (χ2n) is 6.10. The zero-order valence-electron chi connectivity index (χ0n) is 14.7. The van der Waals surface area contributed by atoms with Crippen LogP contribution in [0.15, 0.2) is 67.0 Å². The Hall–Kier alpha value is -2.76. The van der Waals surface area contributed by atoms with E-state index < -0.39 is 0 Å². The number of para-hydroxylation sites is 1. The molecule has 26 heavy (non-hydrogen) atoms. The second-order valence-corrected chi connectivity index (χ2v) is 6.10. The Morgan fingerprint density at radius 1 is 0.692 bits per heavy atom. The highest BCUT2D eigenvalue weighted by atomic mass is 16.3. The van der Waals surface area contributed by atoms with E-state index in [1.807, 2.05) is 54.6 Å². The molecule has 0 aliphatic carbocycles. The number of hydrogen-bond acceptors (Lipinski definition) is 5. The van der Waals surface area contributed by atoms with Crippen LogP contribution in [-0.4, -0.2) is 28.2 Å². The highest BCUT2D eigenvalue weighted by molar-refractivity contribution is 5.42. The predicted molar refractivity (Wildman–Crippen MR) is 103 cm³/mol. The summed E-state index contributed by atoms with van der Waals surface area (Å²) in [7, 11) is 0. The predicted octanol–water partition coefficient (Wildman–Crippen LogP) is 2.65. The van der Waals surface area contributed by atoms with E-state index in [4.69, 9.17) is 0 Å². The monoisotopic (exact) mass is 348 g/mol. The maximum absolute atomic E-state index is 10.5. The lowest BCUT2D eigenvalue weighted by Gasteiger charge is -2.11. The van der Waals surface area contributed by atoms with Crippen molar-refractivity contribution < 1.29 is 5.11 Å². The van der Waals surface area contributed by atoms with Crippen LogP contribution in [0.5, 0.6) is 5.75 Å². The number of rotatable bonds is 9. The molecule has 134 valence electrons. The van der Waals surface area contributed by atoms with Gasteiger partial charge in [-0.1, -0.05) is 30.3 Å². The van der Waals surface area contributed by atoms with Crippen LogP contribution < -0.4 is 10.6 Å². The number of nitrogens with zero attached hydrogens (tertiary/aromatic N) is 2. The molecule has 0 saturated carbocycles. The minimum Gasteiger partial charge on any atom is -0.507 e. The van der Waals surface area contributed by atoms with Crippen molar-refractivity contribution in [3.05, 3.63) is 89.5 Å². The summed E-state index contributed by atoms with van der Waals surface area (Å²) in [5.74, 6) is 0.354. The number of pyridine rings is 2. The average molecular weight is 348 g/mol. The molecule has 0 amide bonds. The molecule has 0 fully saturated rings. The Kier molecular flexibility index (Phi) is 6.70. The first-order valence-electron chi connectivity index (χ1n) is 8.84. The quantitative estimate of drug-likeness (QED) is 0.519. The van der Waals surface area contributed by atoms with Crippen LogP contribution in [-0.2, 0) is 19.5 Å². The molecule has 0 radical (unpaired) electrons. The van der Waals surface area contributed by atoms with E-state index in [0.29, 0.717) is 18.7 Å². The average Bonchev–Trinajstić information content (AvgIpc) is 2.69. The Morgan fingerprint density at radius 2 is 1.35 bits per heavy atom. The maximum Gasteiger partial charge on any atom is 0.123 e. The normalized spacial score (nSPS) is 10.8. The van der Waals surface area contributed by atoms with Gasteiger partial charge in [-0.2, -0.15) is 0 Å². The van der Waals surface area contributed by atoms with Gasteiger partial charge in [0.1, 0.15) is 5.75 Å². The maximum atomic E-state index is 10.5. The number of benzene rings is 1. The molecule has 0 aliphatic rings. The van der Waals surface area contributed by atoms with Crippen LogP contribution in [0, 0.1) is 0 Å². The van der Waals surface area contributed by atoms with Gasteiger partial charge >= 0.3 is 0 Å². The molecule has 0 unspecified atom stereocenters. The van der Waals surface area contributed by atoms with Crippen LogP contribution in [0.2, 0.25) is 0 Å². The van der Waals surface area contributed by atoms with Gasteiger partial charge in [-0.15, -0.1) is 0 Å². The molecule has 0 atom stereocenters. The summed E-state index contributed by atoms with van der Waals surface area (Å²) in [5, 5.41) is 17.2. The zero-order valence-corrected chi connectivity index (χ0v) is 14.7. The van der Waals surface area contributed by atoms with Crippen LogP contribution in [0.1, 0.15) is 22.5 Å². The fourth-order valence-corrected chi connectivity index (χ4v) is 2.75. The van der Waals surface area contributed by atoms with Crippen molar-refractivity contribution in [2.75, 3.05) is 13.1 Å². The number of hydrogen-bond donors (Lipinski definition) is 3. The van der Waals surface area contributed by atoms with E-state index in [1.54, 1.807) is 12.4 Å². The lowest BCUT2D eigenvalue weighted by atomic mass is 10.0. The van der Waals surface area contributed by atoms with Crippen LogP contribution in [0.3, 0.4) is 0 Å². The van der Waals surface area contributed by atoms with Gasteiger partial charge in [0.2, 0.25) is 0 Å².